The number of rotatable bonds is 6. The Hall–Kier alpha value is -2.28. The summed E-state index contributed by atoms with van der Waals surface area (Å²) in [5.74, 6) is -0.199. The molecule has 136 valence electrons. The van der Waals surface area contributed by atoms with Crippen LogP contribution in [0.15, 0.2) is 24.3 Å². The van der Waals surface area contributed by atoms with Crippen molar-refractivity contribution in [3.63, 3.8) is 0 Å². The van der Waals surface area contributed by atoms with Gasteiger partial charge in [0.15, 0.2) is 0 Å². The van der Waals surface area contributed by atoms with Gasteiger partial charge < -0.3 is 11.1 Å². The Morgan fingerprint density at radius 2 is 1.96 bits per heavy atom. The second kappa shape index (κ2) is 7.31. The lowest BCUT2D eigenvalue weighted by Crippen LogP contribution is -2.55. The van der Waals surface area contributed by atoms with Crippen LogP contribution in [0.5, 0.6) is 0 Å². The molecule has 0 spiro atoms. The van der Waals surface area contributed by atoms with E-state index in [1.54, 1.807) is 18.2 Å². The van der Waals surface area contributed by atoms with Crippen LogP contribution in [0.2, 0.25) is 0 Å². The first kappa shape index (κ1) is 19.1. The summed E-state index contributed by atoms with van der Waals surface area (Å²) in [5, 5.41) is 7.16. The average molecular weight is 347 g/mol. The fourth-order valence-corrected chi connectivity index (χ4v) is 2.34. The molecule has 0 bridgehead atoms. The maximum absolute atomic E-state index is 14.2. The molecule has 0 radical (unpaired) electrons. The van der Waals surface area contributed by atoms with Gasteiger partial charge in [0, 0.05) is 12.5 Å². The van der Waals surface area contributed by atoms with E-state index in [9.17, 15) is 9.18 Å². The first-order valence-electron chi connectivity index (χ1n) is 8.44. The molecule has 0 aliphatic heterocycles. The van der Waals surface area contributed by atoms with Gasteiger partial charge in [-0.3, -0.25) is 4.79 Å². The monoisotopic (exact) mass is 347 g/mol. The lowest BCUT2D eigenvalue weighted by Gasteiger charge is -2.33. The lowest BCUT2D eigenvalue weighted by atomic mass is 9.88. The van der Waals surface area contributed by atoms with E-state index >= 15 is 0 Å². The molecule has 2 rings (SSSR count). The molecular weight excluding hydrogens is 321 g/mol. The van der Waals surface area contributed by atoms with Gasteiger partial charge in [-0.25, -0.2) is 14.1 Å². The highest BCUT2D eigenvalue weighted by Gasteiger charge is 2.31. The quantitative estimate of drug-likeness (QED) is 0.841. The molecule has 0 aliphatic rings. The number of benzene rings is 1. The zero-order valence-electron chi connectivity index (χ0n) is 15.4. The van der Waals surface area contributed by atoms with Crippen molar-refractivity contribution in [1.82, 2.24) is 20.1 Å². The Kier molecular flexibility index (Phi) is 5.57. The number of para-hydroxylation sites is 1. The van der Waals surface area contributed by atoms with Crippen LogP contribution in [0.3, 0.4) is 0 Å². The van der Waals surface area contributed by atoms with E-state index < -0.39 is 17.3 Å². The number of nitrogens with zero attached hydrogens (tertiary/aromatic N) is 3. The van der Waals surface area contributed by atoms with Crippen LogP contribution >= 0.6 is 0 Å². The predicted octanol–water partition coefficient (Wildman–Crippen LogP) is 2.63. The standard InChI is InChI=1S/C18H26FN5O/c1-11(2)16-21-15(17(25)22-18(5,10-20)12(3)4)23-24(16)14-9-7-6-8-13(14)19/h6-9,11-12H,10,20H2,1-5H3,(H,22,25). The molecule has 1 unspecified atom stereocenters. The number of hydrogen-bond acceptors (Lipinski definition) is 4. The normalized spacial score (nSPS) is 14.0. The highest BCUT2D eigenvalue weighted by molar-refractivity contribution is 5.91. The van der Waals surface area contributed by atoms with Crippen LogP contribution in [0.25, 0.3) is 5.69 Å². The Morgan fingerprint density at radius 3 is 2.48 bits per heavy atom. The Bertz CT molecular complexity index is 756. The maximum atomic E-state index is 14.2. The third-order valence-electron chi connectivity index (χ3n) is 4.53. The molecule has 1 aromatic carbocycles. The molecule has 0 aliphatic carbocycles. The highest BCUT2D eigenvalue weighted by Crippen LogP contribution is 2.20. The minimum Gasteiger partial charge on any atom is -0.343 e. The fourth-order valence-electron chi connectivity index (χ4n) is 2.34. The summed E-state index contributed by atoms with van der Waals surface area (Å²) in [6.07, 6.45) is 0. The van der Waals surface area contributed by atoms with Crippen LogP contribution in [0, 0.1) is 11.7 Å². The van der Waals surface area contributed by atoms with Gasteiger partial charge >= 0.3 is 0 Å². The summed E-state index contributed by atoms with van der Waals surface area (Å²) in [6.45, 7) is 9.98. The number of hydrogen-bond donors (Lipinski definition) is 2. The molecular formula is C18H26FN5O. The van der Waals surface area contributed by atoms with E-state index in [1.807, 2.05) is 34.6 Å². The molecule has 2 aromatic rings. The van der Waals surface area contributed by atoms with Gasteiger partial charge in [-0.05, 0) is 25.0 Å². The largest absolute Gasteiger partial charge is 0.343 e. The van der Waals surface area contributed by atoms with Gasteiger partial charge in [-0.15, -0.1) is 5.10 Å². The lowest BCUT2D eigenvalue weighted by molar-refractivity contribution is 0.0872. The first-order chi connectivity index (χ1) is 11.7. The zero-order chi connectivity index (χ0) is 18.8. The Balaban J connectivity index is 2.43. The van der Waals surface area contributed by atoms with Gasteiger partial charge in [0.25, 0.3) is 5.91 Å². The van der Waals surface area contributed by atoms with Crippen molar-refractivity contribution in [1.29, 1.82) is 0 Å². The number of nitrogens with two attached hydrogens (primary N) is 1. The molecule has 6 nitrogen and oxygen atoms in total. The minimum atomic E-state index is -0.571. The molecule has 7 heteroatoms. The van der Waals surface area contributed by atoms with Crippen LogP contribution < -0.4 is 11.1 Å². The topological polar surface area (TPSA) is 85.8 Å². The Morgan fingerprint density at radius 1 is 1.32 bits per heavy atom. The van der Waals surface area contributed by atoms with E-state index in [4.69, 9.17) is 5.73 Å². The van der Waals surface area contributed by atoms with Crippen LogP contribution in [0.4, 0.5) is 4.39 Å². The number of aromatic nitrogens is 3. The number of carbonyl (C=O) groups excluding carboxylic acids is 1. The van der Waals surface area contributed by atoms with E-state index in [2.05, 4.69) is 15.4 Å². The number of nitrogens with one attached hydrogen (secondary N) is 1. The fraction of sp³-hybridized carbons (Fsp3) is 0.500. The molecule has 3 N–H and O–H groups in total. The van der Waals surface area contributed by atoms with Crippen LogP contribution in [-0.2, 0) is 0 Å². The van der Waals surface area contributed by atoms with Crippen molar-refractivity contribution in [3.8, 4) is 5.69 Å². The number of amides is 1. The van der Waals surface area contributed by atoms with Gasteiger partial charge in [0.2, 0.25) is 5.82 Å². The average Bonchev–Trinajstić information content (AvgIpc) is 3.00. The summed E-state index contributed by atoms with van der Waals surface area (Å²) in [5.41, 5.74) is 5.51. The third kappa shape index (κ3) is 3.87. The van der Waals surface area contributed by atoms with E-state index in [-0.39, 0.29) is 23.3 Å². The van der Waals surface area contributed by atoms with Crippen molar-refractivity contribution in [2.24, 2.45) is 11.7 Å². The second-order valence-electron chi connectivity index (χ2n) is 7.04. The summed E-state index contributed by atoms with van der Waals surface area (Å²) < 4.78 is 15.5. The maximum Gasteiger partial charge on any atom is 0.291 e. The molecule has 0 fully saturated rings. The molecule has 1 atom stereocenters. The van der Waals surface area contributed by atoms with Crippen LogP contribution in [0.1, 0.15) is 57.0 Å². The highest BCUT2D eigenvalue weighted by atomic mass is 19.1. The molecule has 1 heterocycles. The zero-order valence-corrected chi connectivity index (χ0v) is 15.4. The molecule has 1 amide bonds. The predicted molar refractivity (Wildman–Crippen MR) is 95.2 cm³/mol. The number of halogens is 1. The van der Waals surface area contributed by atoms with E-state index in [0.717, 1.165) is 0 Å². The summed E-state index contributed by atoms with van der Waals surface area (Å²) in [4.78, 5) is 17.0. The Labute approximate surface area is 147 Å². The summed E-state index contributed by atoms with van der Waals surface area (Å²) in [6, 6.07) is 6.28. The summed E-state index contributed by atoms with van der Waals surface area (Å²) in [7, 11) is 0. The van der Waals surface area contributed by atoms with Gasteiger partial charge in [0.05, 0.1) is 5.54 Å². The molecule has 25 heavy (non-hydrogen) atoms. The van der Waals surface area contributed by atoms with Gasteiger partial charge in [-0.2, -0.15) is 0 Å². The van der Waals surface area contributed by atoms with Crippen molar-refractivity contribution >= 4 is 5.91 Å². The van der Waals surface area contributed by atoms with Crippen LogP contribution in [-0.4, -0.2) is 32.8 Å². The van der Waals surface area contributed by atoms with Crippen molar-refractivity contribution < 1.29 is 9.18 Å². The second-order valence-corrected chi connectivity index (χ2v) is 7.04. The van der Waals surface area contributed by atoms with Gasteiger partial charge in [-0.1, -0.05) is 39.8 Å². The molecule has 0 saturated carbocycles. The van der Waals surface area contributed by atoms with E-state index in [1.165, 1.54) is 10.7 Å². The SMILES string of the molecule is CC(C)c1nc(C(=O)NC(C)(CN)C(C)C)nn1-c1ccccc1F. The number of carbonyl (C=O) groups is 1. The van der Waals surface area contributed by atoms with E-state index in [0.29, 0.717) is 12.4 Å². The molecule has 0 saturated heterocycles. The first-order valence-corrected chi connectivity index (χ1v) is 8.44. The molecule has 1 aromatic heterocycles. The van der Waals surface area contributed by atoms with Crippen molar-refractivity contribution in [2.75, 3.05) is 6.54 Å². The minimum absolute atomic E-state index is 0.00674. The van der Waals surface area contributed by atoms with Crippen molar-refractivity contribution in [2.45, 2.75) is 46.1 Å². The third-order valence-corrected chi connectivity index (χ3v) is 4.53. The van der Waals surface area contributed by atoms with Gasteiger partial charge in [0.1, 0.15) is 17.3 Å². The smallest absolute Gasteiger partial charge is 0.291 e. The summed E-state index contributed by atoms with van der Waals surface area (Å²) >= 11 is 0. The van der Waals surface area contributed by atoms with Crippen molar-refractivity contribution in [3.05, 3.63) is 41.7 Å².